The molecule has 1 saturated heterocycles. The summed E-state index contributed by atoms with van der Waals surface area (Å²) in [5.74, 6) is 0.665. The van der Waals surface area contributed by atoms with E-state index in [0.717, 1.165) is 29.0 Å². The first-order chi connectivity index (χ1) is 15.6. The highest BCUT2D eigenvalue weighted by molar-refractivity contribution is 8.00. The lowest BCUT2D eigenvalue weighted by atomic mass is 10.2. The molecular weight excluding hydrogens is 438 g/mol. The first-order valence-corrected chi connectivity index (χ1v) is 11.1. The number of nitrogens with one attached hydrogen (secondary N) is 1. The number of rotatable bonds is 8. The lowest BCUT2D eigenvalue weighted by molar-refractivity contribution is -0.113. The minimum Gasteiger partial charge on any atom is -0.435 e. The Morgan fingerprint density at radius 2 is 1.88 bits per heavy atom. The maximum atomic E-state index is 12.4. The number of anilines is 1. The lowest BCUT2D eigenvalue weighted by Crippen LogP contribution is -2.36. The van der Waals surface area contributed by atoms with Gasteiger partial charge >= 0.3 is 6.61 Å². The van der Waals surface area contributed by atoms with Crippen molar-refractivity contribution < 1.29 is 23.0 Å². The van der Waals surface area contributed by atoms with E-state index in [1.165, 1.54) is 36.0 Å². The number of hydrogen-bond acceptors (Lipinski definition) is 7. The summed E-state index contributed by atoms with van der Waals surface area (Å²) in [7, 11) is 0. The number of hydrogen-bond donors (Lipinski definition) is 1. The summed E-state index contributed by atoms with van der Waals surface area (Å²) in [6.07, 6.45) is 0. The van der Waals surface area contributed by atoms with Gasteiger partial charge in [0.15, 0.2) is 0 Å². The van der Waals surface area contributed by atoms with Gasteiger partial charge in [0.1, 0.15) is 16.6 Å². The first-order valence-electron chi connectivity index (χ1n) is 10.1. The number of benzene rings is 2. The van der Waals surface area contributed by atoms with Gasteiger partial charge in [0, 0.05) is 24.2 Å². The minimum atomic E-state index is -2.89. The van der Waals surface area contributed by atoms with Crippen molar-refractivity contribution >= 4 is 34.3 Å². The molecule has 3 aromatic rings. The second-order valence-corrected chi connectivity index (χ2v) is 8.05. The Balaban J connectivity index is 1.41. The summed E-state index contributed by atoms with van der Waals surface area (Å²) in [5.41, 5.74) is 1.33. The molecular formula is C22H22F2N4O3S. The standard InChI is InChI=1S/C22H22F2N4O3S/c23-22(24)31-16-7-5-15(6-8-16)25-20(29)14-32-21-17-3-1-2-4-18(17)26-19(27-21)13-28-9-11-30-12-10-28/h1-8,22H,9-14H2,(H,25,29). The Bertz CT molecular complexity index is 1060. The molecule has 1 aromatic heterocycles. The van der Waals surface area contributed by atoms with Gasteiger partial charge in [-0.1, -0.05) is 30.0 Å². The number of fused-ring (bicyclic) bond motifs is 1. The maximum absolute atomic E-state index is 12.4. The smallest absolute Gasteiger partial charge is 0.387 e. The van der Waals surface area contributed by atoms with Crippen LogP contribution in [0.25, 0.3) is 10.9 Å². The van der Waals surface area contributed by atoms with Crippen molar-refractivity contribution in [3.05, 3.63) is 54.4 Å². The summed E-state index contributed by atoms with van der Waals surface area (Å²) in [5, 5.41) is 4.39. The fraction of sp³-hybridized carbons (Fsp3) is 0.318. The molecule has 1 amide bonds. The summed E-state index contributed by atoms with van der Waals surface area (Å²) in [6.45, 7) is 0.809. The molecule has 32 heavy (non-hydrogen) atoms. The van der Waals surface area contributed by atoms with Crippen molar-refractivity contribution in [2.75, 3.05) is 37.4 Å². The first kappa shape index (κ1) is 22.4. The number of para-hydroxylation sites is 1. The van der Waals surface area contributed by atoms with Gasteiger partial charge in [-0.25, -0.2) is 9.97 Å². The minimum absolute atomic E-state index is 0.0348. The van der Waals surface area contributed by atoms with E-state index in [-0.39, 0.29) is 17.4 Å². The van der Waals surface area contributed by atoms with Gasteiger partial charge in [-0.15, -0.1) is 0 Å². The summed E-state index contributed by atoms with van der Waals surface area (Å²) >= 11 is 1.33. The second kappa shape index (κ2) is 10.7. The maximum Gasteiger partial charge on any atom is 0.387 e. The van der Waals surface area contributed by atoms with Crippen molar-refractivity contribution in [1.82, 2.24) is 14.9 Å². The van der Waals surface area contributed by atoms with Crippen LogP contribution >= 0.6 is 11.8 Å². The topological polar surface area (TPSA) is 76.6 Å². The Morgan fingerprint density at radius 3 is 2.62 bits per heavy atom. The molecule has 168 valence electrons. The molecule has 2 aromatic carbocycles. The normalized spacial score (nSPS) is 14.6. The highest BCUT2D eigenvalue weighted by Crippen LogP contribution is 2.26. The van der Waals surface area contributed by atoms with Gasteiger partial charge in [0.2, 0.25) is 5.91 Å². The molecule has 7 nitrogen and oxygen atoms in total. The van der Waals surface area contributed by atoms with Crippen molar-refractivity contribution in [2.45, 2.75) is 18.2 Å². The zero-order valence-electron chi connectivity index (χ0n) is 17.2. The molecule has 0 spiro atoms. The van der Waals surface area contributed by atoms with Crippen LogP contribution in [0.15, 0.2) is 53.6 Å². The molecule has 10 heteroatoms. The van der Waals surface area contributed by atoms with Crippen LogP contribution in [0.1, 0.15) is 5.82 Å². The summed E-state index contributed by atoms with van der Waals surface area (Å²) in [4.78, 5) is 24.1. The molecule has 4 rings (SSSR count). The number of nitrogens with zero attached hydrogens (tertiary/aromatic N) is 3. The fourth-order valence-corrected chi connectivity index (χ4v) is 4.12. The number of halogens is 2. The van der Waals surface area contributed by atoms with E-state index in [2.05, 4.69) is 19.9 Å². The third-order valence-corrected chi connectivity index (χ3v) is 5.78. The monoisotopic (exact) mass is 460 g/mol. The zero-order valence-corrected chi connectivity index (χ0v) is 18.0. The number of thioether (sulfide) groups is 1. The Kier molecular flexibility index (Phi) is 7.46. The van der Waals surface area contributed by atoms with Gasteiger partial charge in [0.05, 0.1) is 31.0 Å². The van der Waals surface area contributed by atoms with Crippen molar-refractivity contribution in [3.63, 3.8) is 0 Å². The number of amides is 1. The second-order valence-electron chi connectivity index (χ2n) is 7.09. The van der Waals surface area contributed by atoms with Crippen molar-refractivity contribution in [2.24, 2.45) is 0 Å². The number of carbonyl (C=O) groups is 1. The van der Waals surface area contributed by atoms with Gasteiger partial charge in [0.25, 0.3) is 0 Å². The third kappa shape index (κ3) is 6.12. The number of alkyl halides is 2. The van der Waals surface area contributed by atoms with Crippen LogP contribution in [-0.2, 0) is 16.1 Å². The van der Waals surface area contributed by atoms with Crippen LogP contribution in [0.4, 0.5) is 14.5 Å². The van der Waals surface area contributed by atoms with Gasteiger partial charge in [-0.3, -0.25) is 9.69 Å². The van der Waals surface area contributed by atoms with E-state index < -0.39 is 6.61 Å². The quantitative estimate of drug-likeness (QED) is 0.405. The highest BCUT2D eigenvalue weighted by atomic mass is 32.2. The van der Waals surface area contributed by atoms with Gasteiger partial charge in [-0.2, -0.15) is 8.78 Å². The van der Waals surface area contributed by atoms with Crippen LogP contribution < -0.4 is 10.1 Å². The van der Waals surface area contributed by atoms with Crippen LogP contribution in [0.2, 0.25) is 0 Å². The van der Waals surface area contributed by atoms with E-state index in [4.69, 9.17) is 9.72 Å². The number of carbonyl (C=O) groups excluding carboxylic acids is 1. The number of aromatic nitrogens is 2. The molecule has 0 bridgehead atoms. The lowest BCUT2D eigenvalue weighted by Gasteiger charge is -2.25. The Morgan fingerprint density at radius 1 is 1.12 bits per heavy atom. The van der Waals surface area contributed by atoms with Crippen molar-refractivity contribution in [1.29, 1.82) is 0 Å². The fourth-order valence-electron chi connectivity index (χ4n) is 3.28. The van der Waals surface area contributed by atoms with E-state index in [9.17, 15) is 13.6 Å². The molecule has 0 saturated carbocycles. The third-order valence-electron chi connectivity index (χ3n) is 4.79. The summed E-state index contributed by atoms with van der Waals surface area (Å²) < 4.78 is 34.2. The van der Waals surface area contributed by atoms with E-state index in [0.29, 0.717) is 31.3 Å². The molecule has 2 heterocycles. The average molecular weight is 461 g/mol. The Labute approximate surface area is 188 Å². The molecule has 0 radical (unpaired) electrons. The molecule has 0 unspecified atom stereocenters. The Hall–Kier alpha value is -2.82. The molecule has 1 aliphatic heterocycles. The number of morpholine rings is 1. The summed E-state index contributed by atoms with van der Waals surface area (Å²) in [6, 6.07) is 13.5. The molecule has 1 N–H and O–H groups in total. The number of ether oxygens (including phenoxy) is 2. The molecule has 1 aliphatic rings. The van der Waals surface area contributed by atoms with Crippen LogP contribution in [-0.4, -0.2) is 59.4 Å². The zero-order chi connectivity index (χ0) is 22.3. The molecule has 1 fully saturated rings. The predicted octanol–water partition coefficient (Wildman–Crippen LogP) is 3.79. The molecule has 0 aliphatic carbocycles. The van der Waals surface area contributed by atoms with Gasteiger partial charge < -0.3 is 14.8 Å². The highest BCUT2D eigenvalue weighted by Gasteiger charge is 2.15. The van der Waals surface area contributed by atoms with E-state index in [1.807, 2.05) is 24.3 Å². The van der Waals surface area contributed by atoms with E-state index in [1.54, 1.807) is 0 Å². The van der Waals surface area contributed by atoms with Crippen LogP contribution in [0.5, 0.6) is 5.75 Å². The predicted molar refractivity (Wildman–Crippen MR) is 118 cm³/mol. The van der Waals surface area contributed by atoms with Crippen LogP contribution in [0.3, 0.4) is 0 Å². The largest absolute Gasteiger partial charge is 0.435 e. The van der Waals surface area contributed by atoms with E-state index >= 15 is 0 Å². The average Bonchev–Trinajstić information content (AvgIpc) is 2.79. The SMILES string of the molecule is O=C(CSc1nc(CN2CCOCC2)nc2ccccc12)Nc1ccc(OC(F)F)cc1. The molecule has 0 atom stereocenters. The van der Waals surface area contributed by atoms with Gasteiger partial charge in [-0.05, 0) is 30.3 Å². The van der Waals surface area contributed by atoms with Crippen LogP contribution in [0, 0.1) is 0 Å². The van der Waals surface area contributed by atoms with Crippen molar-refractivity contribution in [3.8, 4) is 5.75 Å².